The van der Waals surface area contributed by atoms with Crippen LogP contribution in [0.4, 0.5) is 11.4 Å². The molecule has 0 fully saturated rings. The molecule has 0 saturated heterocycles. The number of fused-ring (bicyclic) bond motifs is 3. The largest absolute Gasteiger partial charge is 0.399 e. The SMILES string of the molecule is C=C/C=C(\C=C/Nc1ccccc1C(=C)/C=C\C=C/C)CN.C=C/C=C(\C=C/n1c2ccccc2c2ccccc21)C(Cc1ccccc1)NN.C=C/C=C(\CC=CC)c1ccccc1.CN.NCc1ccccc1.Nc1ccccc1. The summed E-state index contributed by atoms with van der Waals surface area (Å²) in [6.07, 6.45) is 33.3. The van der Waals surface area contributed by atoms with E-state index < -0.39 is 0 Å². The molecule has 0 saturated carbocycles. The molecule has 8 heteroatoms. The van der Waals surface area contributed by atoms with Crippen molar-refractivity contribution in [1.82, 2.24) is 9.99 Å². The summed E-state index contributed by atoms with van der Waals surface area (Å²) < 4.78 is 2.23. The minimum atomic E-state index is -0.0141. The predicted molar refractivity (Wildman–Crippen MR) is 363 cm³/mol. The van der Waals surface area contributed by atoms with Crippen molar-refractivity contribution in [2.75, 3.05) is 24.6 Å². The van der Waals surface area contributed by atoms with Crippen LogP contribution in [0.3, 0.4) is 0 Å². The lowest BCUT2D eigenvalue weighted by Crippen LogP contribution is -2.38. The highest BCUT2D eigenvalue weighted by atomic mass is 15.2. The molecule has 1 atom stereocenters. The molecule has 0 aliphatic heterocycles. The third kappa shape index (κ3) is 24.3. The monoisotopic (exact) mass is 1090 g/mol. The summed E-state index contributed by atoms with van der Waals surface area (Å²) in [5.74, 6) is 5.92. The third-order valence-electron chi connectivity index (χ3n) is 12.1. The van der Waals surface area contributed by atoms with Crippen LogP contribution in [-0.4, -0.2) is 24.2 Å². The molecule has 8 aromatic rings. The first-order chi connectivity index (χ1) is 40.2. The number of anilines is 2. The number of nitrogens with one attached hydrogen (secondary N) is 2. The number of allylic oxidation sites excluding steroid dienone is 14. The molecule has 1 unspecified atom stereocenters. The van der Waals surface area contributed by atoms with Crippen molar-refractivity contribution in [3.63, 3.8) is 0 Å². The quantitative estimate of drug-likeness (QED) is 0.0132. The van der Waals surface area contributed by atoms with Crippen LogP contribution in [0.25, 0.3) is 39.2 Å². The Balaban J connectivity index is 0.000000292. The first-order valence-electron chi connectivity index (χ1n) is 27.4. The lowest BCUT2D eigenvalue weighted by Gasteiger charge is -2.17. The van der Waals surface area contributed by atoms with Gasteiger partial charge in [0.15, 0.2) is 0 Å². The number of nitrogens with two attached hydrogens (primary N) is 5. The van der Waals surface area contributed by atoms with Gasteiger partial charge in [-0.2, -0.15) is 0 Å². The Hall–Kier alpha value is -9.38. The predicted octanol–water partition coefficient (Wildman–Crippen LogP) is 16.5. The van der Waals surface area contributed by atoms with Crippen LogP contribution in [0.5, 0.6) is 0 Å². The number of nitrogens with zero attached hydrogens (tertiary/aromatic N) is 1. The zero-order chi connectivity index (χ0) is 59.4. The second kappa shape index (κ2) is 41.6. The fraction of sp³-hybridized carbons (Fsp3) is 0.108. The molecule has 8 nitrogen and oxygen atoms in total. The van der Waals surface area contributed by atoms with Gasteiger partial charge in [-0.3, -0.25) is 11.3 Å². The number of nitrogen functional groups attached to an aromatic ring is 1. The van der Waals surface area contributed by atoms with E-state index in [-0.39, 0.29) is 6.04 Å². The maximum atomic E-state index is 5.92. The van der Waals surface area contributed by atoms with Crippen molar-refractivity contribution in [2.45, 2.75) is 39.3 Å². The summed E-state index contributed by atoms with van der Waals surface area (Å²) in [4.78, 5) is 0. The van der Waals surface area contributed by atoms with E-state index in [1.165, 1.54) is 51.1 Å². The summed E-state index contributed by atoms with van der Waals surface area (Å²) in [7, 11) is 1.50. The summed E-state index contributed by atoms with van der Waals surface area (Å²) in [6, 6.07) is 65.2. The molecule has 1 aromatic heterocycles. The van der Waals surface area contributed by atoms with Crippen LogP contribution in [0.15, 0.2) is 323 Å². The standard InChI is InChI=1S/C26H25N3.C20H24N2.C14H16.C7H9N.C6H7N.CH5N/c1-2-10-21(24(28-27)19-20-11-4-3-5-12-20)17-18-29-25-15-8-6-13-22(25)23-14-7-9-16-26(23)29;1-4-6-7-11-17(3)19-12-8-9-13-20(19)22-15-14-18(16-21)10-5-2;1-3-5-10-13(9-4-2)14-11-7-6-8-12-14;8-6-7-4-2-1-3-5-7;7-6-4-2-1-3-5-6;1-2/h2-18,24,28H,1,19,27H2;4-15,22H,2-3,16,21H2,1H3;3-9,11-12H,2,10H2,1H3;1-5H,6,8H2;1-5H,7H2;2H2,1H3/b18-17-,21-10+;6-4-,11-7-,15-14-,18-10+;5-3?,13-9+;;;. The van der Waals surface area contributed by atoms with Gasteiger partial charge in [0.2, 0.25) is 0 Å². The van der Waals surface area contributed by atoms with Crippen LogP contribution in [-0.2, 0) is 13.0 Å². The Morgan fingerprint density at radius 2 is 1.10 bits per heavy atom. The molecular formula is C74H86N8. The minimum absolute atomic E-state index is 0.0141. The van der Waals surface area contributed by atoms with E-state index in [0.717, 1.165) is 46.5 Å². The highest BCUT2D eigenvalue weighted by Crippen LogP contribution is 2.29. The maximum absolute atomic E-state index is 5.92. The normalized spacial score (nSPS) is 11.8. The lowest BCUT2D eigenvalue weighted by atomic mass is 9.99. The van der Waals surface area contributed by atoms with Crippen LogP contribution >= 0.6 is 0 Å². The first kappa shape index (κ1) is 66.9. The van der Waals surface area contributed by atoms with E-state index in [1.807, 2.05) is 178 Å². The molecule has 0 aliphatic carbocycles. The smallest absolute Gasteiger partial charge is 0.0534 e. The van der Waals surface area contributed by atoms with Crippen LogP contribution in [0.1, 0.15) is 42.5 Å². The van der Waals surface area contributed by atoms with E-state index in [1.54, 1.807) is 12.2 Å². The molecule has 0 bridgehead atoms. The molecule has 1 heterocycles. The third-order valence-corrected chi connectivity index (χ3v) is 12.1. The Morgan fingerprint density at radius 1 is 0.573 bits per heavy atom. The molecule has 0 amide bonds. The number of para-hydroxylation sites is 4. The number of rotatable bonds is 20. The van der Waals surface area contributed by atoms with Gasteiger partial charge in [0.1, 0.15) is 0 Å². The summed E-state index contributed by atoms with van der Waals surface area (Å²) >= 11 is 0. The molecule has 82 heavy (non-hydrogen) atoms. The van der Waals surface area contributed by atoms with Gasteiger partial charge in [-0.1, -0.05) is 263 Å². The molecule has 0 spiro atoms. The van der Waals surface area contributed by atoms with Gasteiger partial charge >= 0.3 is 0 Å². The zero-order valence-corrected chi connectivity index (χ0v) is 48.3. The minimum Gasteiger partial charge on any atom is -0.399 e. The zero-order valence-electron chi connectivity index (χ0n) is 48.3. The van der Waals surface area contributed by atoms with E-state index in [0.29, 0.717) is 13.1 Å². The van der Waals surface area contributed by atoms with Crippen molar-refractivity contribution >= 4 is 50.5 Å². The Morgan fingerprint density at radius 3 is 1.60 bits per heavy atom. The second-order valence-electron chi connectivity index (χ2n) is 17.8. The fourth-order valence-electron chi connectivity index (χ4n) is 8.05. The fourth-order valence-corrected chi connectivity index (χ4v) is 8.05. The number of hydrazine groups is 1. The van der Waals surface area contributed by atoms with Gasteiger partial charge in [0.05, 0.1) is 17.1 Å². The molecule has 422 valence electrons. The van der Waals surface area contributed by atoms with Crippen molar-refractivity contribution < 1.29 is 0 Å². The molecular weight excluding hydrogens is 1000 g/mol. The van der Waals surface area contributed by atoms with Crippen LogP contribution in [0, 0.1) is 0 Å². The molecule has 0 aliphatic rings. The number of aromatic nitrogens is 1. The molecule has 8 rings (SSSR count). The Labute approximate surface area is 490 Å². The highest BCUT2D eigenvalue weighted by Gasteiger charge is 2.13. The van der Waals surface area contributed by atoms with Crippen molar-refractivity contribution in [3.8, 4) is 0 Å². The molecule has 12 N–H and O–H groups in total. The van der Waals surface area contributed by atoms with Gasteiger partial charge in [-0.05, 0) is 115 Å². The maximum Gasteiger partial charge on any atom is 0.0534 e. The van der Waals surface area contributed by atoms with Crippen molar-refractivity contribution in [1.29, 1.82) is 0 Å². The van der Waals surface area contributed by atoms with Crippen molar-refractivity contribution in [2.24, 2.45) is 23.0 Å². The Kier molecular flexibility index (Phi) is 34.0. The number of hydrogen-bond acceptors (Lipinski definition) is 7. The Bertz CT molecular complexity index is 3280. The van der Waals surface area contributed by atoms with Gasteiger partial charge in [0.25, 0.3) is 0 Å². The highest BCUT2D eigenvalue weighted by molar-refractivity contribution is 6.09. The van der Waals surface area contributed by atoms with E-state index in [2.05, 4.69) is 163 Å². The van der Waals surface area contributed by atoms with Gasteiger partial charge in [-0.15, -0.1) is 0 Å². The topological polar surface area (TPSA) is 159 Å². The molecule has 7 aromatic carbocycles. The van der Waals surface area contributed by atoms with Crippen molar-refractivity contribution in [3.05, 3.63) is 345 Å². The van der Waals surface area contributed by atoms with Crippen LogP contribution in [0.2, 0.25) is 0 Å². The number of hydrogen-bond donors (Lipinski definition) is 7. The van der Waals surface area contributed by atoms with Crippen LogP contribution < -0.4 is 39.5 Å². The van der Waals surface area contributed by atoms with E-state index in [9.17, 15) is 0 Å². The summed E-state index contributed by atoms with van der Waals surface area (Å²) in [5, 5.41) is 5.78. The average Bonchev–Trinajstić information content (AvgIpc) is 3.73. The van der Waals surface area contributed by atoms with Gasteiger partial charge in [0, 0.05) is 53.2 Å². The summed E-state index contributed by atoms with van der Waals surface area (Å²) in [6.45, 7) is 20.6. The van der Waals surface area contributed by atoms with E-state index >= 15 is 0 Å². The average molecular weight is 1090 g/mol. The lowest BCUT2D eigenvalue weighted by molar-refractivity contribution is 0.599. The number of benzene rings is 7. The summed E-state index contributed by atoms with van der Waals surface area (Å²) in [5.41, 5.74) is 37.1. The first-order valence-corrected chi connectivity index (χ1v) is 27.4. The van der Waals surface area contributed by atoms with E-state index in [4.69, 9.17) is 23.0 Å². The van der Waals surface area contributed by atoms with Gasteiger partial charge in [-0.25, -0.2) is 0 Å². The van der Waals surface area contributed by atoms with Gasteiger partial charge < -0.3 is 32.8 Å². The molecule has 0 radical (unpaired) electrons. The second-order valence-corrected chi connectivity index (χ2v) is 17.8.